The van der Waals surface area contributed by atoms with Crippen LogP contribution < -0.4 is 5.73 Å². The number of nitrogens with two attached hydrogens (primary N) is 1. The van der Waals surface area contributed by atoms with Crippen molar-refractivity contribution in [3.63, 3.8) is 0 Å². The van der Waals surface area contributed by atoms with E-state index in [1.165, 1.54) is 10.8 Å². The van der Waals surface area contributed by atoms with E-state index in [1.807, 2.05) is 18.2 Å². The van der Waals surface area contributed by atoms with Gasteiger partial charge in [0, 0.05) is 5.56 Å². The molecule has 0 saturated carbocycles. The molecular weight excluding hydrogens is 212 g/mol. The van der Waals surface area contributed by atoms with Crippen molar-refractivity contribution >= 4 is 16.7 Å². The number of rotatable bonds is 1. The molecule has 0 fully saturated rings. The second-order valence-corrected chi connectivity index (χ2v) is 3.76. The van der Waals surface area contributed by atoms with Gasteiger partial charge in [-0.05, 0) is 16.8 Å². The Balaban J connectivity index is 2.18. The summed E-state index contributed by atoms with van der Waals surface area (Å²) in [5, 5.41) is 9.82. The number of anilines is 1. The first kappa shape index (κ1) is 9.72. The van der Waals surface area contributed by atoms with E-state index in [2.05, 4.69) is 39.4 Å². The summed E-state index contributed by atoms with van der Waals surface area (Å²) < 4.78 is 0. The molecule has 17 heavy (non-hydrogen) atoms. The van der Waals surface area contributed by atoms with Gasteiger partial charge in [-0.2, -0.15) is 5.10 Å². The molecule has 1 aromatic heterocycles. The van der Waals surface area contributed by atoms with E-state index in [4.69, 9.17) is 5.73 Å². The average Bonchev–Trinajstić information content (AvgIpc) is 2.38. The molecule has 0 radical (unpaired) electrons. The van der Waals surface area contributed by atoms with Gasteiger partial charge in [-0.15, -0.1) is 5.10 Å². The zero-order valence-electron chi connectivity index (χ0n) is 9.04. The fourth-order valence-corrected chi connectivity index (χ4v) is 1.81. The van der Waals surface area contributed by atoms with Crippen molar-refractivity contribution in [2.24, 2.45) is 0 Å². The van der Waals surface area contributed by atoms with Gasteiger partial charge in [-0.3, -0.25) is 0 Å². The lowest BCUT2D eigenvalue weighted by molar-refractivity contribution is 0.990. The number of aromatic nitrogens is 3. The van der Waals surface area contributed by atoms with Gasteiger partial charge in [0.25, 0.3) is 0 Å². The molecule has 0 aliphatic carbocycles. The van der Waals surface area contributed by atoms with Gasteiger partial charge in [-0.25, -0.2) is 4.98 Å². The molecule has 0 saturated heterocycles. The van der Waals surface area contributed by atoms with E-state index in [1.54, 1.807) is 6.20 Å². The summed E-state index contributed by atoms with van der Waals surface area (Å²) in [6, 6.07) is 14.3. The molecule has 0 aliphatic heterocycles. The summed E-state index contributed by atoms with van der Waals surface area (Å²) >= 11 is 0. The molecule has 0 amide bonds. The SMILES string of the molecule is Nc1nncc(-c2ccc3ccccc3c2)n1. The fourth-order valence-electron chi connectivity index (χ4n) is 1.81. The molecule has 3 aromatic rings. The third-order valence-electron chi connectivity index (χ3n) is 2.62. The van der Waals surface area contributed by atoms with Crippen molar-refractivity contribution < 1.29 is 0 Å². The Bertz CT molecular complexity index is 679. The maximum atomic E-state index is 5.52. The molecular formula is C13H10N4. The van der Waals surface area contributed by atoms with Gasteiger partial charge in [-0.1, -0.05) is 36.4 Å². The topological polar surface area (TPSA) is 64.7 Å². The lowest BCUT2D eigenvalue weighted by atomic mass is 10.1. The molecule has 0 unspecified atom stereocenters. The Morgan fingerprint density at radius 1 is 0.941 bits per heavy atom. The van der Waals surface area contributed by atoms with Crippen LogP contribution in [-0.2, 0) is 0 Å². The van der Waals surface area contributed by atoms with Crippen molar-refractivity contribution in [1.82, 2.24) is 15.2 Å². The third-order valence-corrected chi connectivity index (χ3v) is 2.62. The Morgan fingerprint density at radius 2 is 1.76 bits per heavy atom. The molecule has 0 atom stereocenters. The van der Waals surface area contributed by atoms with Crippen LogP contribution in [0.5, 0.6) is 0 Å². The predicted octanol–water partition coefficient (Wildman–Crippen LogP) is 2.27. The lowest BCUT2D eigenvalue weighted by Crippen LogP contribution is -1.97. The minimum atomic E-state index is 0.190. The van der Waals surface area contributed by atoms with Crippen LogP contribution in [0.25, 0.3) is 22.0 Å². The van der Waals surface area contributed by atoms with Crippen LogP contribution in [-0.4, -0.2) is 15.2 Å². The molecule has 4 heteroatoms. The summed E-state index contributed by atoms with van der Waals surface area (Å²) in [5.41, 5.74) is 7.25. The third kappa shape index (κ3) is 1.80. The van der Waals surface area contributed by atoms with Gasteiger partial charge >= 0.3 is 0 Å². The molecule has 0 bridgehead atoms. The van der Waals surface area contributed by atoms with Crippen LogP contribution in [0, 0.1) is 0 Å². The fraction of sp³-hybridized carbons (Fsp3) is 0. The van der Waals surface area contributed by atoms with E-state index >= 15 is 0 Å². The molecule has 3 rings (SSSR count). The van der Waals surface area contributed by atoms with Gasteiger partial charge < -0.3 is 5.73 Å². The summed E-state index contributed by atoms with van der Waals surface area (Å²) in [6.45, 7) is 0. The largest absolute Gasteiger partial charge is 0.366 e. The quantitative estimate of drug-likeness (QED) is 0.686. The van der Waals surface area contributed by atoms with E-state index in [-0.39, 0.29) is 5.95 Å². The van der Waals surface area contributed by atoms with Gasteiger partial charge in [0.1, 0.15) is 0 Å². The van der Waals surface area contributed by atoms with Crippen LogP contribution in [0.2, 0.25) is 0 Å². The first-order valence-electron chi connectivity index (χ1n) is 5.27. The minimum absolute atomic E-state index is 0.190. The van der Waals surface area contributed by atoms with Crippen LogP contribution >= 0.6 is 0 Å². The second kappa shape index (κ2) is 3.83. The first-order valence-corrected chi connectivity index (χ1v) is 5.27. The summed E-state index contributed by atoms with van der Waals surface area (Å²) in [5.74, 6) is 0.190. The van der Waals surface area contributed by atoms with Crippen LogP contribution in [0.1, 0.15) is 0 Å². The second-order valence-electron chi connectivity index (χ2n) is 3.76. The summed E-state index contributed by atoms with van der Waals surface area (Å²) in [7, 11) is 0. The smallest absolute Gasteiger partial charge is 0.240 e. The van der Waals surface area contributed by atoms with Crippen molar-refractivity contribution in [2.45, 2.75) is 0 Å². The molecule has 2 aromatic carbocycles. The maximum absolute atomic E-state index is 5.52. The Kier molecular flexibility index (Phi) is 2.19. The summed E-state index contributed by atoms with van der Waals surface area (Å²) in [4.78, 5) is 4.15. The molecule has 1 heterocycles. The monoisotopic (exact) mass is 222 g/mol. The standard InChI is InChI=1S/C13H10N4/c14-13-16-12(8-15-17-13)11-6-5-9-3-1-2-4-10(9)7-11/h1-8H,(H2,14,16,17). The lowest BCUT2D eigenvalue weighted by Gasteiger charge is -2.02. The zero-order chi connectivity index (χ0) is 11.7. The minimum Gasteiger partial charge on any atom is -0.366 e. The number of fused-ring (bicyclic) bond motifs is 1. The van der Waals surface area contributed by atoms with E-state index in [0.717, 1.165) is 11.3 Å². The van der Waals surface area contributed by atoms with Crippen LogP contribution in [0.15, 0.2) is 48.7 Å². The van der Waals surface area contributed by atoms with Crippen molar-refractivity contribution in [3.8, 4) is 11.3 Å². The summed E-state index contributed by atoms with van der Waals surface area (Å²) in [6.07, 6.45) is 1.61. The first-order chi connectivity index (χ1) is 8.33. The van der Waals surface area contributed by atoms with E-state index in [0.29, 0.717) is 0 Å². The zero-order valence-corrected chi connectivity index (χ0v) is 9.04. The predicted molar refractivity (Wildman–Crippen MR) is 67.2 cm³/mol. The highest BCUT2D eigenvalue weighted by molar-refractivity contribution is 5.86. The van der Waals surface area contributed by atoms with Crippen molar-refractivity contribution in [2.75, 3.05) is 5.73 Å². The van der Waals surface area contributed by atoms with Crippen LogP contribution in [0.4, 0.5) is 5.95 Å². The van der Waals surface area contributed by atoms with E-state index < -0.39 is 0 Å². The Hall–Kier alpha value is -2.49. The number of hydrogen-bond donors (Lipinski definition) is 1. The maximum Gasteiger partial charge on any atom is 0.240 e. The van der Waals surface area contributed by atoms with Crippen molar-refractivity contribution in [1.29, 1.82) is 0 Å². The average molecular weight is 222 g/mol. The molecule has 82 valence electrons. The molecule has 0 aliphatic rings. The molecule has 4 nitrogen and oxygen atoms in total. The number of nitrogens with zero attached hydrogens (tertiary/aromatic N) is 3. The number of benzene rings is 2. The van der Waals surface area contributed by atoms with E-state index in [9.17, 15) is 0 Å². The highest BCUT2D eigenvalue weighted by Gasteiger charge is 2.02. The van der Waals surface area contributed by atoms with Gasteiger partial charge in [0.05, 0.1) is 11.9 Å². The highest BCUT2D eigenvalue weighted by Crippen LogP contribution is 2.22. The normalized spacial score (nSPS) is 10.6. The van der Waals surface area contributed by atoms with Gasteiger partial charge in [0.2, 0.25) is 5.95 Å². The van der Waals surface area contributed by atoms with Gasteiger partial charge in [0.15, 0.2) is 0 Å². The molecule has 2 N–H and O–H groups in total. The Labute approximate surface area is 98.1 Å². The number of hydrogen-bond acceptors (Lipinski definition) is 4. The highest BCUT2D eigenvalue weighted by atomic mass is 15.2. The van der Waals surface area contributed by atoms with Crippen molar-refractivity contribution in [3.05, 3.63) is 48.7 Å². The van der Waals surface area contributed by atoms with Crippen LogP contribution in [0.3, 0.4) is 0 Å². The molecule has 0 spiro atoms. The number of nitrogen functional groups attached to an aromatic ring is 1. The Morgan fingerprint density at radius 3 is 2.59 bits per heavy atom.